The van der Waals surface area contributed by atoms with E-state index in [1.54, 1.807) is 0 Å². The van der Waals surface area contributed by atoms with Gasteiger partial charge < -0.3 is 9.64 Å². The fraction of sp³-hybridized carbons (Fsp3) is 0.615. The van der Waals surface area contributed by atoms with Crippen LogP contribution in [0, 0.1) is 0 Å². The molecule has 0 aromatic rings. The van der Waals surface area contributed by atoms with E-state index in [1.807, 2.05) is 47.9 Å². The minimum absolute atomic E-state index is 0.399. The van der Waals surface area contributed by atoms with Crippen molar-refractivity contribution in [1.82, 2.24) is 10.2 Å². The van der Waals surface area contributed by atoms with Crippen LogP contribution in [-0.4, -0.2) is 30.2 Å². The zero-order chi connectivity index (χ0) is 13.2. The van der Waals surface area contributed by atoms with Crippen LogP contribution < -0.4 is 5.32 Å². The highest BCUT2D eigenvalue weighted by Gasteiger charge is 2.20. The molecule has 0 aliphatic carbocycles. The number of alkyl carbamates (subject to hydrolysis) is 1. The van der Waals surface area contributed by atoms with Gasteiger partial charge in [0, 0.05) is 25.5 Å². The molecule has 0 saturated heterocycles. The van der Waals surface area contributed by atoms with Crippen molar-refractivity contribution in [2.45, 2.75) is 40.2 Å². The van der Waals surface area contributed by atoms with Crippen molar-refractivity contribution in [1.29, 1.82) is 0 Å². The highest BCUT2D eigenvalue weighted by Crippen LogP contribution is 2.19. The molecule has 1 aliphatic heterocycles. The van der Waals surface area contributed by atoms with E-state index in [9.17, 15) is 4.79 Å². The van der Waals surface area contributed by atoms with E-state index in [2.05, 4.69) is 10.2 Å². The number of nitrogens with one attached hydrogen (secondary N) is 1. The van der Waals surface area contributed by atoms with Crippen molar-refractivity contribution in [2.75, 3.05) is 13.6 Å². The first-order valence-corrected chi connectivity index (χ1v) is 5.78. The lowest BCUT2D eigenvalue weighted by molar-refractivity contribution is 0.0546. The van der Waals surface area contributed by atoms with Gasteiger partial charge >= 0.3 is 6.09 Å². The molecule has 0 radical (unpaired) electrons. The maximum Gasteiger partial charge on any atom is 0.412 e. The third kappa shape index (κ3) is 4.13. The average Bonchev–Trinajstić information content (AvgIpc) is 2.08. The lowest BCUT2D eigenvalue weighted by atomic mass is 10.1. The monoisotopic (exact) mass is 238 g/mol. The second-order valence-electron chi connectivity index (χ2n) is 5.51. The number of likely N-dealkylation sites (N-methyl/N-ethyl adjacent to an activating group) is 1. The van der Waals surface area contributed by atoms with Crippen molar-refractivity contribution in [3.8, 4) is 0 Å². The second kappa shape index (κ2) is 4.82. The number of rotatable bonds is 1. The van der Waals surface area contributed by atoms with Crippen molar-refractivity contribution >= 4 is 6.09 Å². The highest BCUT2D eigenvalue weighted by atomic mass is 16.6. The Labute approximate surface area is 103 Å². The number of hydrogen-bond acceptors (Lipinski definition) is 3. The molecule has 0 atom stereocenters. The number of ether oxygens (including phenoxy) is 1. The summed E-state index contributed by atoms with van der Waals surface area (Å²) in [4.78, 5) is 13.8. The van der Waals surface area contributed by atoms with Gasteiger partial charge in [-0.3, -0.25) is 5.32 Å². The summed E-state index contributed by atoms with van der Waals surface area (Å²) in [5, 5.41) is 2.82. The Balaban J connectivity index is 2.72. The molecule has 0 aromatic carbocycles. The lowest BCUT2D eigenvalue weighted by Gasteiger charge is -2.27. The predicted octanol–water partition coefficient (Wildman–Crippen LogP) is 2.63. The lowest BCUT2D eigenvalue weighted by Crippen LogP contribution is -2.35. The van der Waals surface area contributed by atoms with Crippen molar-refractivity contribution in [3.63, 3.8) is 0 Å². The van der Waals surface area contributed by atoms with Crippen LogP contribution in [0.1, 0.15) is 34.6 Å². The molecule has 1 aliphatic rings. The van der Waals surface area contributed by atoms with Gasteiger partial charge in [0.05, 0.1) is 0 Å². The van der Waals surface area contributed by atoms with E-state index in [-0.39, 0.29) is 0 Å². The molecule has 4 nitrogen and oxygen atoms in total. The zero-order valence-electron chi connectivity index (χ0n) is 11.5. The van der Waals surface area contributed by atoms with E-state index in [1.165, 1.54) is 0 Å². The van der Waals surface area contributed by atoms with Gasteiger partial charge in [0.15, 0.2) is 0 Å². The molecular formula is C13H22N2O2. The summed E-state index contributed by atoms with van der Waals surface area (Å²) in [6.45, 7) is 10.4. The van der Waals surface area contributed by atoms with Gasteiger partial charge in [-0.2, -0.15) is 0 Å². The molecule has 1 rings (SSSR count). The summed E-state index contributed by atoms with van der Waals surface area (Å²) in [5.41, 5.74) is 2.58. The van der Waals surface area contributed by atoms with Gasteiger partial charge in [-0.1, -0.05) is 0 Å². The van der Waals surface area contributed by atoms with E-state index in [0.29, 0.717) is 0 Å². The van der Waals surface area contributed by atoms with Crippen LogP contribution in [0.15, 0.2) is 23.0 Å². The van der Waals surface area contributed by atoms with Crippen LogP contribution in [0.25, 0.3) is 0 Å². The van der Waals surface area contributed by atoms with Crippen LogP contribution in [-0.2, 0) is 4.74 Å². The molecule has 1 amide bonds. The minimum atomic E-state index is -0.471. The number of carbonyl (C=O) groups is 1. The fourth-order valence-electron chi connectivity index (χ4n) is 1.84. The number of carbonyl (C=O) groups excluding carboxylic acids is 1. The number of nitrogens with zero attached hydrogens (tertiary/aromatic N) is 1. The molecule has 17 heavy (non-hydrogen) atoms. The average molecular weight is 238 g/mol. The van der Waals surface area contributed by atoms with Gasteiger partial charge in [0.2, 0.25) is 0 Å². The maximum absolute atomic E-state index is 11.7. The Bertz CT molecular complexity index is 375. The molecule has 0 bridgehead atoms. The van der Waals surface area contributed by atoms with Crippen molar-refractivity contribution in [2.24, 2.45) is 0 Å². The Morgan fingerprint density at radius 2 is 2.00 bits per heavy atom. The third-order valence-electron chi connectivity index (χ3n) is 2.35. The van der Waals surface area contributed by atoms with Crippen LogP contribution in [0.3, 0.4) is 0 Å². The van der Waals surface area contributed by atoms with Crippen LogP contribution in [0.2, 0.25) is 0 Å². The Morgan fingerprint density at radius 1 is 1.41 bits per heavy atom. The molecule has 1 N–H and O–H groups in total. The van der Waals surface area contributed by atoms with Crippen LogP contribution in [0.5, 0.6) is 0 Å². The summed E-state index contributed by atoms with van der Waals surface area (Å²) < 4.78 is 5.24. The maximum atomic E-state index is 11.7. The molecule has 96 valence electrons. The number of hydrogen-bond donors (Lipinski definition) is 1. The van der Waals surface area contributed by atoms with Gasteiger partial charge in [0.1, 0.15) is 5.60 Å². The summed E-state index contributed by atoms with van der Waals surface area (Å²) in [7, 11) is 2.01. The minimum Gasteiger partial charge on any atom is -0.444 e. The summed E-state index contributed by atoms with van der Waals surface area (Å²) in [6, 6.07) is 0. The Morgan fingerprint density at radius 3 is 2.47 bits per heavy atom. The molecule has 1 heterocycles. The summed E-state index contributed by atoms with van der Waals surface area (Å²) >= 11 is 0. The first kappa shape index (κ1) is 13.6. The standard InChI is InChI=1S/C13H22N2O2/c1-9-7-15(6)8-10(2)11(9)14-12(16)17-13(3,4)5/h7H,8H2,1-6H3,(H,14,16). The van der Waals surface area contributed by atoms with Crippen molar-refractivity contribution in [3.05, 3.63) is 23.0 Å². The zero-order valence-corrected chi connectivity index (χ0v) is 11.5. The van der Waals surface area contributed by atoms with Gasteiger partial charge in [0.25, 0.3) is 0 Å². The van der Waals surface area contributed by atoms with Crippen molar-refractivity contribution < 1.29 is 9.53 Å². The van der Waals surface area contributed by atoms with Crippen LogP contribution in [0.4, 0.5) is 4.79 Å². The van der Waals surface area contributed by atoms with Gasteiger partial charge in [-0.25, -0.2) is 4.79 Å². The molecular weight excluding hydrogens is 216 g/mol. The molecule has 0 spiro atoms. The largest absolute Gasteiger partial charge is 0.444 e. The molecule has 0 aromatic heterocycles. The van der Waals surface area contributed by atoms with Gasteiger partial charge in [-0.15, -0.1) is 0 Å². The molecule has 0 saturated carbocycles. The normalized spacial score (nSPS) is 16.8. The van der Waals surface area contributed by atoms with E-state index in [4.69, 9.17) is 4.74 Å². The quantitative estimate of drug-likeness (QED) is 0.763. The van der Waals surface area contributed by atoms with Crippen LogP contribution >= 0.6 is 0 Å². The predicted molar refractivity (Wildman–Crippen MR) is 68.5 cm³/mol. The smallest absolute Gasteiger partial charge is 0.412 e. The molecule has 0 unspecified atom stereocenters. The topological polar surface area (TPSA) is 41.6 Å². The first-order valence-electron chi connectivity index (χ1n) is 5.78. The Kier molecular flexibility index (Phi) is 3.86. The summed E-state index contributed by atoms with van der Waals surface area (Å²) in [5.74, 6) is 0. The highest BCUT2D eigenvalue weighted by molar-refractivity contribution is 5.71. The van der Waals surface area contributed by atoms with E-state index < -0.39 is 11.7 Å². The number of allylic oxidation sites excluding steroid dienone is 1. The van der Waals surface area contributed by atoms with Gasteiger partial charge in [-0.05, 0) is 45.8 Å². The molecule has 4 heteroatoms. The second-order valence-corrected chi connectivity index (χ2v) is 5.51. The fourth-order valence-corrected chi connectivity index (χ4v) is 1.84. The van der Waals surface area contributed by atoms with E-state index >= 15 is 0 Å². The Hall–Kier alpha value is -1.45. The third-order valence-corrected chi connectivity index (χ3v) is 2.35. The summed E-state index contributed by atoms with van der Waals surface area (Å²) in [6.07, 6.45) is 1.61. The first-order chi connectivity index (χ1) is 7.69. The number of amides is 1. The van der Waals surface area contributed by atoms with E-state index in [0.717, 1.165) is 23.4 Å². The SMILES string of the molecule is CC1=CN(C)CC(C)=C1NC(=O)OC(C)(C)C. The molecule has 0 fully saturated rings.